The van der Waals surface area contributed by atoms with Crippen LogP contribution in [0.25, 0.3) is 0 Å². The van der Waals surface area contributed by atoms with Crippen molar-refractivity contribution in [2.75, 3.05) is 38.6 Å². The highest BCUT2D eigenvalue weighted by Crippen LogP contribution is 2.28. The van der Waals surface area contributed by atoms with Crippen molar-refractivity contribution in [1.82, 2.24) is 10.2 Å². The average Bonchev–Trinajstić information content (AvgIpc) is 2.93. The first-order chi connectivity index (χ1) is 12.1. The Balaban J connectivity index is 1.98. The lowest BCUT2D eigenvalue weighted by atomic mass is 9.92. The lowest BCUT2D eigenvalue weighted by molar-refractivity contribution is -0.126. The first kappa shape index (κ1) is 20.4. The highest BCUT2D eigenvalue weighted by Gasteiger charge is 2.35. The fourth-order valence-electron chi connectivity index (χ4n) is 3.57. The summed E-state index contributed by atoms with van der Waals surface area (Å²) in [6.45, 7) is 10.5. The standard InChI is InChI=1S/C21H33N3O2/c1-15(2)16-8-7-9-18(10-16)24-12-17(11-19(24)25)20(26)22-13-21(3,4)14-23(5)6/h7-10,15,17H,11-14H2,1-6H3,(H,22,26)/t17-/m1/s1. The van der Waals surface area contributed by atoms with Gasteiger partial charge in [0.05, 0.1) is 5.92 Å². The quantitative estimate of drug-likeness (QED) is 0.814. The molecule has 1 heterocycles. The summed E-state index contributed by atoms with van der Waals surface area (Å²) in [5.41, 5.74) is 2.09. The molecular weight excluding hydrogens is 326 g/mol. The molecule has 0 saturated carbocycles. The Morgan fingerprint density at radius 1 is 1.35 bits per heavy atom. The van der Waals surface area contributed by atoms with E-state index >= 15 is 0 Å². The molecule has 144 valence electrons. The highest BCUT2D eigenvalue weighted by molar-refractivity contribution is 6.00. The summed E-state index contributed by atoms with van der Waals surface area (Å²) in [6, 6.07) is 8.06. The number of carbonyl (C=O) groups is 2. The summed E-state index contributed by atoms with van der Waals surface area (Å²) in [6.07, 6.45) is 0.284. The molecule has 5 heteroatoms. The van der Waals surface area contributed by atoms with Crippen LogP contribution in [0.2, 0.25) is 0 Å². The lowest BCUT2D eigenvalue weighted by Crippen LogP contribution is -2.42. The smallest absolute Gasteiger partial charge is 0.227 e. The molecular formula is C21H33N3O2. The molecule has 1 aromatic rings. The molecule has 2 rings (SSSR count). The van der Waals surface area contributed by atoms with Gasteiger partial charge < -0.3 is 15.1 Å². The van der Waals surface area contributed by atoms with Gasteiger partial charge in [0.25, 0.3) is 0 Å². The van der Waals surface area contributed by atoms with Crippen molar-refractivity contribution in [3.05, 3.63) is 29.8 Å². The van der Waals surface area contributed by atoms with E-state index in [0.717, 1.165) is 12.2 Å². The van der Waals surface area contributed by atoms with Gasteiger partial charge in [-0.25, -0.2) is 0 Å². The molecule has 1 saturated heterocycles. The minimum atomic E-state index is -0.277. The van der Waals surface area contributed by atoms with Gasteiger partial charge in [0.1, 0.15) is 0 Å². The molecule has 1 aliphatic heterocycles. The Bertz CT molecular complexity index is 652. The first-order valence-electron chi connectivity index (χ1n) is 9.42. The molecule has 0 aromatic heterocycles. The second-order valence-corrected chi connectivity index (χ2v) is 8.77. The summed E-state index contributed by atoms with van der Waals surface area (Å²) in [4.78, 5) is 28.9. The molecule has 26 heavy (non-hydrogen) atoms. The van der Waals surface area contributed by atoms with Crippen LogP contribution in [0.4, 0.5) is 5.69 Å². The monoisotopic (exact) mass is 359 g/mol. The van der Waals surface area contributed by atoms with Crippen molar-refractivity contribution in [3.63, 3.8) is 0 Å². The van der Waals surface area contributed by atoms with Gasteiger partial charge in [-0.15, -0.1) is 0 Å². The van der Waals surface area contributed by atoms with E-state index in [9.17, 15) is 9.59 Å². The maximum absolute atomic E-state index is 12.6. The molecule has 0 spiro atoms. The molecule has 0 radical (unpaired) electrons. The van der Waals surface area contributed by atoms with E-state index in [2.05, 4.69) is 50.0 Å². The van der Waals surface area contributed by atoms with Crippen molar-refractivity contribution >= 4 is 17.5 Å². The third kappa shape index (κ3) is 5.31. The Kier molecular flexibility index (Phi) is 6.45. The highest BCUT2D eigenvalue weighted by atomic mass is 16.2. The van der Waals surface area contributed by atoms with Gasteiger partial charge in [-0.3, -0.25) is 9.59 Å². The maximum atomic E-state index is 12.6. The van der Waals surface area contributed by atoms with Crippen molar-refractivity contribution in [2.45, 2.75) is 40.0 Å². The zero-order valence-electron chi connectivity index (χ0n) is 17.0. The van der Waals surface area contributed by atoms with Crippen LogP contribution in [-0.2, 0) is 9.59 Å². The number of carbonyl (C=O) groups excluding carboxylic acids is 2. The fourth-order valence-corrected chi connectivity index (χ4v) is 3.57. The topological polar surface area (TPSA) is 52.7 Å². The second-order valence-electron chi connectivity index (χ2n) is 8.77. The number of anilines is 1. The number of nitrogens with one attached hydrogen (secondary N) is 1. The van der Waals surface area contributed by atoms with Gasteiger partial charge >= 0.3 is 0 Å². The summed E-state index contributed by atoms with van der Waals surface area (Å²) < 4.78 is 0. The van der Waals surface area contributed by atoms with Crippen LogP contribution in [0, 0.1) is 11.3 Å². The van der Waals surface area contributed by atoms with Crippen LogP contribution in [0.5, 0.6) is 0 Å². The summed E-state index contributed by atoms with van der Waals surface area (Å²) in [7, 11) is 4.06. The average molecular weight is 360 g/mol. The second kappa shape index (κ2) is 8.21. The zero-order chi connectivity index (χ0) is 19.5. The molecule has 1 aliphatic rings. The normalized spacial score (nSPS) is 18.1. The minimum Gasteiger partial charge on any atom is -0.355 e. The number of hydrogen-bond donors (Lipinski definition) is 1. The predicted molar refractivity (Wildman–Crippen MR) is 106 cm³/mol. The van der Waals surface area contributed by atoms with E-state index in [1.807, 2.05) is 26.2 Å². The van der Waals surface area contributed by atoms with Crippen LogP contribution < -0.4 is 10.2 Å². The third-order valence-electron chi connectivity index (χ3n) is 4.83. The Hall–Kier alpha value is -1.88. The number of nitrogens with zero attached hydrogens (tertiary/aromatic N) is 2. The van der Waals surface area contributed by atoms with Gasteiger partial charge in [-0.05, 0) is 43.1 Å². The fraction of sp³-hybridized carbons (Fsp3) is 0.619. The van der Waals surface area contributed by atoms with Gasteiger partial charge in [-0.2, -0.15) is 0 Å². The molecule has 1 N–H and O–H groups in total. The molecule has 1 fully saturated rings. The Morgan fingerprint density at radius 3 is 2.65 bits per heavy atom. The van der Waals surface area contributed by atoms with Crippen LogP contribution in [0.15, 0.2) is 24.3 Å². The number of benzene rings is 1. The van der Waals surface area contributed by atoms with Gasteiger partial charge in [0.2, 0.25) is 11.8 Å². The van der Waals surface area contributed by atoms with Crippen LogP contribution >= 0.6 is 0 Å². The largest absolute Gasteiger partial charge is 0.355 e. The van der Waals surface area contributed by atoms with Crippen molar-refractivity contribution in [2.24, 2.45) is 11.3 Å². The summed E-state index contributed by atoms with van der Waals surface area (Å²) in [5.74, 6) is 0.136. The number of hydrogen-bond acceptors (Lipinski definition) is 3. The maximum Gasteiger partial charge on any atom is 0.227 e. The van der Waals surface area contributed by atoms with Crippen molar-refractivity contribution < 1.29 is 9.59 Å². The molecule has 0 unspecified atom stereocenters. The molecule has 1 aromatic carbocycles. The van der Waals surface area contributed by atoms with Crippen LogP contribution in [0.1, 0.15) is 45.6 Å². The molecule has 1 atom stereocenters. The van der Waals surface area contributed by atoms with E-state index in [1.165, 1.54) is 5.56 Å². The molecule has 0 bridgehead atoms. The SMILES string of the molecule is CC(C)c1cccc(N2C[C@H](C(=O)NCC(C)(C)CN(C)C)CC2=O)c1. The molecule has 2 amide bonds. The summed E-state index contributed by atoms with van der Waals surface area (Å²) in [5, 5.41) is 3.05. The van der Waals surface area contributed by atoms with Gasteiger partial charge in [-0.1, -0.05) is 39.8 Å². The van der Waals surface area contributed by atoms with Crippen LogP contribution in [0.3, 0.4) is 0 Å². The van der Waals surface area contributed by atoms with Crippen LogP contribution in [-0.4, -0.2) is 50.4 Å². The van der Waals surface area contributed by atoms with E-state index in [4.69, 9.17) is 0 Å². The van der Waals surface area contributed by atoms with E-state index < -0.39 is 0 Å². The van der Waals surface area contributed by atoms with Crippen molar-refractivity contribution in [1.29, 1.82) is 0 Å². The van der Waals surface area contributed by atoms with E-state index in [1.54, 1.807) is 4.90 Å². The number of rotatable bonds is 7. The van der Waals surface area contributed by atoms with Crippen molar-refractivity contribution in [3.8, 4) is 0 Å². The molecule has 5 nitrogen and oxygen atoms in total. The predicted octanol–water partition coefficient (Wildman–Crippen LogP) is 2.87. The Morgan fingerprint density at radius 2 is 2.04 bits per heavy atom. The zero-order valence-corrected chi connectivity index (χ0v) is 17.0. The first-order valence-corrected chi connectivity index (χ1v) is 9.42. The van der Waals surface area contributed by atoms with Gasteiger partial charge in [0, 0.05) is 31.7 Å². The third-order valence-corrected chi connectivity index (χ3v) is 4.83. The Labute approximate surface area is 157 Å². The van der Waals surface area contributed by atoms with Gasteiger partial charge in [0.15, 0.2) is 0 Å². The van der Waals surface area contributed by atoms with E-state index in [0.29, 0.717) is 19.0 Å². The summed E-state index contributed by atoms with van der Waals surface area (Å²) >= 11 is 0. The van der Waals surface area contributed by atoms with E-state index in [-0.39, 0.29) is 29.6 Å². The minimum absolute atomic E-state index is 0.00689. The lowest BCUT2D eigenvalue weighted by Gasteiger charge is -2.29. The number of amides is 2. The molecule has 0 aliphatic carbocycles.